The van der Waals surface area contributed by atoms with Gasteiger partial charge in [0.15, 0.2) is 0 Å². The number of aryl methyl sites for hydroxylation is 4. The lowest BCUT2D eigenvalue weighted by Crippen LogP contribution is -2.12. The number of nitrogens with one attached hydrogen (secondary N) is 1. The van der Waals surface area contributed by atoms with Gasteiger partial charge in [0.2, 0.25) is 0 Å². The van der Waals surface area contributed by atoms with Crippen molar-refractivity contribution >= 4 is 5.97 Å². The van der Waals surface area contributed by atoms with Gasteiger partial charge in [0.25, 0.3) is 0 Å². The van der Waals surface area contributed by atoms with Crippen LogP contribution in [0.1, 0.15) is 69.4 Å². The van der Waals surface area contributed by atoms with Gasteiger partial charge in [-0.3, -0.25) is 0 Å². The number of ether oxygens (including phenoxy) is 2. The minimum absolute atomic E-state index is 0.232. The van der Waals surface area contributed by atoms with Gasteiger partial charge in [-0.25, -0.2) is 4.79 Å². The summed E-state index contributed by atoms with van der Waals surface area (Å²) in [5, 5.41) is 3.52. The molecule has 0 spiro atoms. The quantitative estimate of drug-likeness (QED) is 0.214. The Morgan fingerprint density at radius 2 is 1.20 bits per heavy atom. The van der Waals surface area contributed by atoms with Crippen LogP contribution in [0.3, 0.4) is 0 Å². The average molecular weight is 474 g/mol. The van der Waals surface area contributed by atoms with Crippen molar-refractivity contribution in [3.63, 3.8) is 0 Å². The van der Waals surface area contributed by atoms with E-state index in [1.165, 1.54) is 22.3 Å². The standard InChI is InChI=1S/C31H39NO3/c1-23-15-24(2)18-28(17-23)22-32-21-27-9-11-30(12-10-27)34-13-7-5-6-8-14-35-31(33)29-19-25(3)16-26(4)20-29/h9-12,15-20,32H,5-8,13-14,21-22H2,1-4H3. The Labute approximate surface area is 210 Å². The van der Waals surface area contributed by atoms with Crippen molar-refractivity contribution in [1.29, 1.82) is 0 Å². The molecule has 0 heterocycles. The van der Waals surface area contributed by atoms with Gasteiger partial charge in [-0.2, -0.15) is 0 Å². The van der Waals surface area contributed by atoms with Crippen LogP contribution in [0.4, 0.5) is 0 Å². The SMILES string of the molecule is Cc1cc(C)cc(CNCc2ccc(OCCCCCCOC(=O)c3cc(C)cc(C)c3)cc2)c1. The minimum atomic E-state index is -0.232. The highest BCUT2D eigenvalue weighted by Crippen LogP contribution is 2.14. The summed E-state index contributed by atoms with van der Waals surface area (Å²) in [7, 11) is 0. The van der Waals surface area contributed by atoms with Gasteiger partial charge in [0, 0.05) is 13.1 Å². The van der Waals surface area contributed by atoms with E-state index >= 15 is 0 Å². The van der Waals surface area contributed by atoms with Crippen molar-refractivity contribution in [2.75, 3.05) is 13.2 Å². The first-order valence-corrected chi connectivity index (χ1v) is 12.6. The van der Waals surface area contributed by atoms with E-state index in [1.807, 2.05) is 38.1 Å². The molecule has 0 fully saturated rings. The largest absolute Gasteiger partial charge is 0.494 e. The Balaban J connectivity index is 1.24. The van der Waals surface area contributed by atoms with Crippen LogP contribution >= 0.6 is 0 Å². The molecule has 0 amide bonds. The van der Waals surface area contributed by atoms with Gasteiger partial charge >= 0.3 is 5.97 Å². The topological polar surface area (TPSA) is 47.6 Å². The summed E-state index contributed by atoms with van der Waals surface area (Å²) in [5.41, 5.74) is 7.98. The molecule has 0 aliphatic heterocycles. The molecule has 3 rings (SSSR count). The molecule has 0 saturated heterocycles. The Morgan fingerprint density at radius 3 is 1.83 bits per heavy atom. The van der Waals surface area contributed by atoms with Gasteiger partial charge < -0.3 is 14.8 Å². The number of unbranched alkanes of at least 4 members (excludes halogenated alkanes) is 3. The van der Waals surface area contributed by atoms with Crippen molar-refractivity contribution in [3.8, 4) is 5.75 Å². The lowest BCUT2D eigenvalue weighted by molar-refractivity contribution is 0.0497. The van der Waals surface area contributed by atoms with Crippen molar-refractivity contribution in [3.05, 3.63) is 99.6 Å². The first kappa shape index (κ1) is 26.5. The van der Waals surface area contributed by atoms with Gasteiger partial charge in [0.1, 0.15) is 5.75 Å². The predicted molar refractivity (Wildman–Crippen MR) is 143 cm³/mol. The number of carbonyl (C=O) groups excluding carboxylic acids is 1. The summed E-state index contributed by atoms with van der Waals surface area (Å²) in [6.07, 6.45) is 3.95. The smallest absolute Gasteiger partial charge is 0.338 e. The zero-order chi connectivity index (χ0) is 25.0. The van der Waals surface area contributed by atoms with E-state index in [4.69, 9.17) is 9.47 Å². The zero-order valence-electron chi connectivity index (χ0n) is 21.7. The zero-order valence-corrected chi connectivity index (χ0v) is 21.7. The molecule has 0 aromatic heterocycles. The normalized spacial score (nSPS) is 10.9. The molecule has 0 unspecified atom stereocenters. The highest BCUT2D eigenvalue weighted by molar-refractivity contribution is 5.89. The second-order valence-corrected chi connectivity index (χ2v) is 9.52. The molecule has 0 bridgehead atoms. The Hall–Kier alpha value is -3.11. The van der Waals surface area contributed by atoms with E-state index in [1.54, 1.807) is 0 Å². The van der Waals surface area contributed by atoms with E-state index in [0.717, 1.165) is 55.6 Å². The lowest BCUT2D eigenvalue weighted by atomic mass is 10.1. The van der Waals surface area contributed by atoms with Crippen LogP contribution in [0.15, 0.2) is 60.7 Å². The molecule has 4 nitrogen and oxygen atoms in total. The maximum Gasteiger partial charge on any atom is 0.338 e. The van der Waals surface area contributed by atoms with Crippen molar-refractivity contribution in [2.24, 2.45) is 0 Å². The third-order valence-electron chi connectivity index (χ3n) is 5.86. The molecule has 0 aliphatic carbocycles. The molecule has 3 aromatic carbocycles. The molecule has 35 heavy (non-hydrogen) atoms. The van der Waals surface area contributed by atoms with Gasteiger partial charge in [-0.15, -0.1) is 0 Å². The Bertz CT molecular complexity index is 1050. The molecule has 1 N–H and O–H groups in total. The fraction of sp³-hybridized carbons (Fsp3) is 0.387. The van der Waals surface area contributed by atoms with Gasteiger partial charge in [-0.05, 0) is 88.8 Å². The Kier molecular flexibility index (Phi) is 10.4. The predicted octanol–water partition coefficient (Wildman–Crippen LogP) is 7.01. The Morgan fingerprint density at radius 1 is 0.657 bits per heavy atom. The maximum atomic E-state index is 12.2. The summed E-state index contributed by atoms with van der Waals surface area (Å²) < 4.78 is 11.3. The van der Waals surface area contributed by atoms with E-state index in [0.29, 0.717) is 18.8 Å². The first-order chi connectivity index (χ1) is 16.9. The second-order valence-electron chi connectivity index (χ2n) is 9.52. The van der Waals surface area contributed by atoms with E-state index in [2.05, 4.69) is 55.6 Å². The summed E-state index contributed by atoms with van der Waals surface area (Å²) in [4.78, 5) is 12.2. The molecule has 0 radical (unpaired) electrons. The summed E-state index contributed by atoms with van der Waals surface area (Å²) >= 11 is 0. The fourth-order valence-corrected chi connectivity index (χ4v) is 4.31. The van der Waals surface area contributed by atoms with Crippen LogP contribution in [0.2, 0.25) is 0 Å². The fourth-order valence-electron chi connectivity index (χ4n) is 4.31. The highest BCUT2D eigenvalue weighted by Gasteiger charge is 2.08. The summed E-state index contributed by atoms with van der Waals surface area (Å²) in [6, 6.07) is 20.8. The second kappa shape index (κ2) is 13.7. The van der Waals surface area contributed by atoms with Crippen LogP contribution in [-0.2, 0) is 17.8 Å². The van der Waals surface area contributed by atoms with Crippen LogP contribution in [-0.4, -0.2) is 19.2 Å². The van der Waals surface area contributed by atoms with Gasteiger partial charge in [0.05, 0.1) is 18.8 Å². The van der Waals surface area contributed by atoms with Crippen molar-refractivity contribution in [1.82, 2.24) is 5.32 Å². The molecule has 186 valence electrons. The number of rotatable bonds is 13. The monoisotopic (exact) mass is 473 g/mol. The van der Waals surface area contributed by atoms with Crippen LogP contribution < -0.4 is 10.1 Å². The van der Waals surface area contributed by atoms with Crippen LogP contribution in [0.25, 0.3) is 0 Å². The number of hydrogen-bond acceptors (Lipinski definition) is 4. The molecule has 0 atom stereocenters. The molecule has 3 aromatic rings. The third-order valence-corrected chi connectivity index (χ3v) is 5.86. The third kappa shape index (κ3) is 9.58. The summed E-state index contributed by atoms with van der Waals surface area (Å²) in [6.45, 7) is 11.1. The van der Waals surface area contributed by atoms with Crippen molar-refractivity contribution in [2.45, 2.75) is 66.5 Å². The first-order valence-electron chi connectivity index (χ1n) is 12.6. The van der Waals surface area contributed by atoms with Gasteiger partial charge in [-0.1, -0.05) is 58.7 Å². The molecular formula is C31H39NO3. The lowest BCUT2D eigenvalue weighted by Gasteiger charge is -2.09. The van der Waals surface area contributed by atoms with E-state index in [9.17, 15) is 4.79 Å². The van der Waals surface area contributed by atoms with E-state index in [-0.39, 0.29) is 5.97 Å². The highest BCUT2D eigenvalue weighted by atomic mass is 16.5. The van der Waals surface area contributed by atoms with E-state index < -0.39 is 0 Å². The number of hydrogen-bond donors (Lipinski definition) is 1. The number of benzene rings is 3. The van der Waals surface area contributed by atoms with Crippen LogP contribution in [0.5, 0.6) is 5.75 Å². The molecule has 4 heteroatoms. The average Bonchev–Trinajstić information content (AvgIpc) is 2.80. The maximum absolute atomic E-state index is 12.2. The molecular weight excluding hydrogens is 434 g/mol. The molecule has 0 saturated carbocycles. The minimum Gasteiger partial charge on any atom is -0.494 e. The van der Waals surface area contributed by atoms with Crippen LogP contribution in [0, 0.1) is 27.7 Å². The van der Waals surface area contributed by atoms with Crippen molar-refractivity contribution < 1.29 is 14.3 Å². The number of esters is 1. The number of carbonyl (C=O) groups is 1. The summed E-state index contributed by atoms with van der Waals surface area (Å²) in [5.74, 6) is 0.675. The molecule has 0 aliphatic rings.